The van der Waals surface area contributed by atoms with Crippen LogP contribution in [-0.4, -0.2) is 81.5 Å². The molecule has 2 aromatic carbocycles. The predicted octanol–water partition coefficient (Wildman–Crippen LogP) is 4.65. The number of ether oxygens (including phenoxy) is 1. The van der Waals surface area contributed by atoms with Crippen LogP contribution in [-0.2, 0) is 21.2 Å². The van der Waals surface area contributed by atoms with Crippen LogP contribution in [0.1, 0.15) is 49.0 Å². The molecule has 1 saturated heterocycles. The van der Waals surface area contributed by atoms with Crippen LogP contribution in [0.15, 0.2) is 47.4 Å². The van der Waals surface area contributed by atoms with E-state index in [9.17, 15) is 13.2 Å². The van der Waals surface area contributed by atoms with Gasteiger partial charge in [0.25, 0.3) is 5.91 Å². The van der Waals surface area contributed by atoms with Gasteiger partial charge in [0.2, 0.25) is 10.0 Å². The van der Waals surface area contributed by atoms with Crippen LogP contribution in [0.2, 0.25) is 0 Å². The second-order valence-electron chi connectivity index (χ2n) is 9.62. The molecule has 206 valence electrons. The van der Waals surface area contributed by atoms with Crippen molar-refractivity contribution in [1.29, 1.82) is 0 Å². The van der Waals surface area contributed by atoms with E-state index in [4.69, 9.17) is 9.72 Å². The van der Waals surface area contributed by atoms with E-state index in [-0.39, 0.29) is 10.8 Å². The molecule has 8 nitrogen and oxygen atoms in total. The van der Waals surface area contributed by atoms with Crippen LogP contribution in [0, 0.1) is 0 Å². The standard InChI is InChI=1S/C28H38N4O4S2/c1-4-6-14-30(3)38(34,35)24-11-9-23(10-12-24)27(33)32(16-7-15-31-17-19-36-20-18-31)28-29-25-13-8-22(5-2)21-26(25)37-28/h8-13,21H,4-7,14-20H2,1-3H3. The Kier molecular flexibility index (Phi) is 9.89. The van der Waals surface area contributed by atoms with Crippen LogP contribution in [0.25, 0.3) is 10.2 Å². The van der Waals surface area contributed by atoms with E-state index >= 15 is 0 Å². The van der Waals surface area contributed by atoms with Crippen molar-refractivity contribution in [3.8, 4) is 0 Å². The zero-order chi connectivity index (χ0) is 27.1. The fraction of sp³-hybridized carbons (Fsp3) is 0.500. The number of aromatic nitrogens is 1. The molecule has 0 saturated carbocycles. The molecular formula is C28H38N4O4S2. The maximum Gasteiger partial charge on any atom is 0.260 e. The van der Waals surface area contributed by atoms with E-state index in [1.165, 1.54) is 33.3 Å². The second-order valence-corrected chi connectivity index (χ2v) is 12.7. The van der Waals surface area contributed by atoms with Crippen molar-refractivity contribution in [3.63, 3.8) is 0 Å². The average molecular weight is 559 g/mol. The van der Waals surface area contributed by atoms with E-state index in [0.717, 1.165) is 68.7 Å². The summed E-state index contributed by atoms with van der Waals surface area (Å²) in [5, 5.41) is 0.663. The molecular weight excluding hydrogens is 520 g/mol. The number of nitrogens with zero attached hydrogens (tertiary/aromatic N) is 4. The number of fused-ring (bicyclic) bond motifs is 1. The number of amides is 1. The van der Waals surface area contributed by atoms with Gasteiger partial charge in [-0.15, -0.1) is 0 Å². The number of hydrogen-bond donors (Lipinski definition) is 0. The molecule has 4 rings (SSSR count). The van der Waals surface area contributed by atoms with Gasteiger partial charge in [0.15, 0.2) is 5.13 Å². The van der Waals surface area contributed by atoms with Crippen LogP contribution >= 0.6 is 11.3 Å². The van der Waals surface area contributed by atoms with Crippen LogP contribution in [0.3, 0.4) is 0 Å². The van der Waals surface area contributed by atoms with Gasteiger partial charge in [-0.3, -0.25) is 14.6 Å². The quantitative estimate of drug-likeness (QED) is 0.322. The van der Waals surface area contributed by atoms with Gasteiger partial charge in [-0.1, -0.05) is 37.7 Å². The third kappa shape index (κ3) is 6.79. The van der Waals surface area contributed by atoms with Gasteiger partial charge in [0.05, 0.1) is 28.3 Å². The molecule has 0 atom stereocenters. The van der Waals surface area contributed by atoms with Gasteiger partial charge in [-0.2, -0.15) is 0 Å². The molecule has 0 radical (unpaired) electrons. The molecule has 0 N–H and O–H groups in total. The van der Waals surface area contributed by atoms with Gasteiger partial charge in [-0.25, -0.2) is 17.7 Å². The number of carbonyl (C=O) groups excluding carboxylic acids is 1. The predicted molar refractivity (Wildman–Crippen MR) is 154 cm³/mol. The molecule has 1 amide bonds. The van der Waals surface area contributed by atoms with E-state index in [0.29, 0.717) is 23.8 Å². The summed E-state index contributed by atoms with van der Waals surface area (Å²) in [5.74, 6) is -0.176. The van der Waals surface area contributed by atoms with Crippen molar-refractivity contribution < 1.29 is 17.9 Å². The Morgan fingerprint density at radius 3 is 2.47 bits per heavy atom. The minimum absolute atomic E-state index is 0.176. The molecule has 0 spiro atoms. The van der Waals surface area contributed by atoms with E-state index in [1.807, 2.05) is 13.0 Å². The lowest BCUT2D eigenvalue weighted by molar-refractivity contribution is 0.0376. The number of sulfonamides is 1. The van der Waals surface area contributed by atoms with Crippen molar-refractivity contribution in [2.24, 2.45) is 0 Å². The third-order valence-corrected chi connectivity index (χ3v) is 9.83. The molecule has 2 heterocycles. The highest BCUT2D eigenvalue weighted by Gasteiger charge is 2.24. The smallest absolute Gasteiger partial charge is 0.260 e. The maximum absolute atomic E-state index is 13.8. The largest absolute Gasteiger partial charge is 0.379 e. The monoisotopic (exact) mass is 558 g/mol. The summed E-state index contributed by atoms with van der Waals surface area (Å²) in [7, 11) is -2.00. The number of aryl methyl sites for hydroxylation is 1. The number of rotatable bonds is 12. The molecule has 3 aromatic rings. The number of morpholine rings is 1. The third-order valence-electron chi connectivity index (χ3n) is 6.92. The van der Waals surface area contributed by atoms with Gasteiger partial charge in [-0.05, 0) is 61.2 Å². The summed E-state index contributed by atoms with van der Waals surface area (Å²) in [6.07, 6.45) is 3.46. The summed E-state index contributed by atoms with van der Waals surface area (Å²) in [6, 6.07) is 12.5. The second kappa shape index (κ2) is 13.1. The Bertz CT molecular complexity index is 1320. The van der Waals surface area contributed by atoms with Crippen LogP contribution < -0.4 is 4.90 Å². The zero-order valence-corrected chi connectivity index (χ0v) is 24.2. The lowest BCUT2D eigenvalue weighted by Crippen LogP contribution is -2.39. The lowest BCUT2D eigenvalue weighted by atomic mass is 10.2. The number of unbranched alkanes of at least 4 members (excludes halogenated alkanes) is 1. The zero-order valence-electron chi connectivity index (χ0n) is 22.6. The average Bonchev–Trinajstić information content (AvgIpc) is 3.37. The van der Waals surface area contributed by atoms with Crippen molar-refractivity contribution in [2.45, 2.75) is 44.4 Å². The van der Waals surface area contributed by atoms with E-state index < -0.39 is 10.0 Å². The fourth-order valence-corrected chi connectivity index (χ4v) is 6.72. The van der Waals surface area contributed by atoms with Gasteiger partial charge >= 0.3 is 0 Å². The highest BCUT2D eigenvalue weighted by molar-refractivity contribution is 7.89. The first kappa shape index (κ1) is 28.6. The van der Waals surface area contributed by atoms with Crippen molar-refractivity contribution in [2.75, 3.05) is 57.9 Å². The van der Waals surface area contributed by atoms with Crippen LogP contribution in [0.5, 0.6) is 0 Å². The Morgan fingerprint density at radius 1 is 1.05 bits per heavy atom. The molecule has 38 heavy (non-hydrogen) atoms. The molecule has 0 bridgehead atoms. The minimum Gasteiger partial charge on any atom is -0.379 e. The molecule has 1 aliphatic rings. The number of thiazole rings is 1. The number of benzene rings is 2. The summed E-state index contributed by atoms with van der Waals surface area (Å²) in [5.41, 5.74) is 2.56. The number of anilines is 1. The topological polar surface area (TPSA) is 83.1 Å². The first-order chi connectivity index (χ1) is 18.3. The van der Waals surface area contributed by atoms with Gasteiger partial charge < -0.3 is 4.74 Å². The SMILES string of the molecule is CCCCN(C)S(=O)(=O)c1ccc(C(=O)N(CCCN2CCOCC2)c2nc3ccc(CC)cc3s2)cc1. The first-order valence-electron chi connectivity index (χ1n) is 13.4. The molecule has 1 fully saturated rings. The minimum atomic E-state index is -3.59. The highest BCUT2D eigenvalue weighted by Crippen LogP contribution is 2.31. The number of hydrogen-bond acceptors (Lipinski definition) is 7. The molecule has 0 aliphatic carbocycles. The Balaban J connectivity index is 1.56. The van der Waals surface area contributed by atoms with Crippen molar-refractivity contribution in [1.82, 2.24) is 14.2 Å². The summed E-state index contributed by atoms with van der Waals surface area (Å²) in [6.45, 7) is 9.29. The van der Waals surface area contributed by atoms with Gasteiger partial charge in [0.1, 0.15) is 0 Å². The molecule has 1 aromatic heterocycles. The summed E-state index contributed by atoms with van der Waals surface area (Å²) >= 11 is 1.52. The molecule has 1 aliphatic heterocycles. The summed E-state index contributed by atoms with van der Waals surface area (Å²) < 4.78 is 33.7. The normalized spacial score (nSPS) is 14.8. The van der Waals surface area contributed by atoms with E-state index in [2.05, 4.69) is 24.0 Å². The Labute approximate surface area is 230 Å². The summed E-state index contributed by atoms with van der Waals surface area (Å²) in [4.78, 5) is 22.8. The maximum atomic E-state index is 13.8. The van der Waals surface area contributed by atoms with Gasteiger partial charge in [0, 0.05) is 45.3 Å². The Morgan fingerprint density at radius 2 is 1.79 bits per heavy atom. The Hall–Kier alpha value is -2.37. The highest BCUT2D eigenvalue weighted by atomic mass is 32.2. The van der Waals surface area contributed by atoms with Crippen LogP contribution in [0.4, 0.5) is 5.13 Å². The number of carbonyl (C=O) groups is 1. The van der Waals surface area contributed by atoms with Crippen molar-refractivity contribution in [3.05, 3.63) is 53.6 Å². The van der Waals surface area contributed by atoms with Crippen molar-refractivity contribution >= 4 is 42.6 Å². The lowest BCUT2D eigenvalue weighted by Gasteiger charge is -2.27. The van der Waals surface area contributed by atoms with E-state index in [1.54, 1.807) is 24.1 Å². The molecule has 10 heteroatoms. The fourth-order valence-electron chi connectivity index (χ4n) is 4.46. The molecule has 0 unspecified atom stereocenters. The first-order valence-corrected chi connectivity index (χ1v) is 15.7.